The average molecular weight is 242 g/mol. The summed E-state index contributed by atoms with van der Waals surface area (Å²) in [6, 6.07) is 13.4. The number of halogens is 1. The van der Waals surface area contributed by atoms with Gasteiger partial charge < -0.3 is 10.1 Å². The van der Waals surface area contributed by atoms with Crippen LogP contribution in [-0.4, -0.2) is 7.11 Å². The fraction of sp³-hybridized carbons (Fsp3) is 0.0714. The summed E-state index contributed by atoms with van der Waals surface area (Å²) in [6.45, 7) is 0. The van der Waals surface area contributed by atoms with E-state index in [4.69, 9.17) is 10.00 Å². The van der Waals surface area contributed by atoms with Gasteiger partial charge in [0.05, 0.1) is 30.1 Å². The van der Waals surface area contributed by atoms with Crippen molar-refractivity contribution < 1.29 is 9.13 Å². The van der Waals surface area contributed by atoms with E-state index in [1.165, 1.54) is 12.1 Å². The molecule has 0 aliphatic heterocycles. The first-order chi connectivity index (χ1) is 8.74. The number of anilines is 2. The fourth-order valence-electron chi connectivity index (χ4n) is 1.58. The monoisotopic (exact) mass is 242 g/mol. The highest BCUT2D eigenvalue weighted by Gasteiger charge is 2.06. The standard InChI is InChI=1S/C14H11FN2O/c1-18-14-5-3-2-4-13(14)17-12-7-6-10(9-16)8-11(12)15/h2-8,17H,1H3. The molecule has 0 aliphatic rings. The third-order valence-corrected chi connectivity index (χ3v) is 2.47. The van der Waals surface area contributed by atoms with Crippen LogP contribution in [0.5, 0.6) is 5.75 Å². The normalized spacial score (nSPS) is 9.61. The average Bonchev–Trinajstić information content (AvgIpc) is 2.41. The molecule has 4 heteroatoms. The molecule has 0 bridgehead atoms. The maximum atomic E-state index is 13.7. The Morgan fingerprint density at radius 1 is 1.17 bits per heavy atom. The van der Waals surface area contributed by atoms with E-state index in [1.54, 1.807) is 25.3 Å². The number of rotatable bonds is 3. The highest BCUT2D eigenvalue weighted by Crippen LogP contribution is 2.28. The lowest BCUT2D eigenvalue weighted by Crippen LogP contribution is -1.97. The number of nitrogens with zero attached hydrogens (tertiary/aromatic N) is 1. The third kappa shape index (κ3) is 2.41. The van der Waals surface area contributed by atoms with Gasteiger partial charge in [-0.1, -0.05) is 12.1 Å². The minimum absolute atomic E-state index is 0.290. The first-order valence-electron chi connectivity index (χ1n) is 5.34. The molecule has 90 valence electrons. The number of para-hydroxylation sites is 2. The highest BCUT2D eigenvalue weighted by atomic mass is 19.1. The topological polar surface area (TPSA) is 45.0 Å². The van der Waals surface area contributed by atoms with Gasteiger partial charge in [0, 0.05) is 0 Å². The Balaban J connectivity index is 2.32. The molecule has 0 aromatic heterocycles. The Hall–Kier alpha value is -2.54. The summed E-state index contributed by atoms with van der Waals surface area (Å²) in [6.07, 6.45) is 0. The Morgan fingerprint density at radius 2 is 1.94 bits per heavy atom. The van der Waals surface area contributed by atoms with Gasteiger partial charge in [-0.25, -0.2) is 4.39 Å². The minimum atomic E-state index is -0.472. The molecule has 2 aromatic carbocycles. The number of nitrogens with one attached hydrogen (secondary N) is 1. The zero-order valence-electron chi connectivity index (χ0n) is 9.77. The van der Waals surface area contributed by atoms with Gasteiger partial charge in [0.2, 0.25) is 0 Å². The first-order valence-corrected chi connectivity index (χ1v) is 5.34. The molecule has 0 heterocycles. The second-order valence-electron chi connectivity index (χ2n) is 3.63. The smallest absolute Gasteiger partial charge is 0.147 e. The van der Waals surface area contributed by atoms with Crippen molar-refractivity contribution in [1.29, 1.82) is 5.26 Å². The molecular formula is C14H11FN2O. The largest absolute Gasteiger partial charge is 0.495 e. The summed E-state index contributed by atoms with van der Waals surface area (Å²) < 4.78 is 18.9. The van der Waals surface area contributed by atoms with Crippen LogP contribution in [0, 0.1) is 17.1 Å². The lowest BCUT2D eigenvalue weighted by molar-refractivity contribution is 0.417. The first kappa shape index (κ1) is 11.9. The highest BCUT2D eigenvalue weighted by molar-refractivity contribution is 5.67. The number of hydrogen-bond acceptors (Lipinski definition) is 3. The van der Waals surface area contributed by atoms with E-state index in [1.807, 2.05) is 18.2 Å². The van der Waals surface area contributed by atoms with Crippen molar-refractivity contribution in [2.45, 2.75) is 0 Å². The summed E-state index contributed by atoms with van der Waals surface area (Å²) in [5, 5.41) is 11.6. The van der Waals surface area contributed by atoms with Gasteiger partial charge in [-0.3, -0.25) is 0 Å². The zero-order chi connectivity index (χ0) is 13.0. The minimum Gasteiger partial charge on any atom is -0.495 e. The molecule has 0 spiro atoms. The molecule has 18 heavy (non-hydrogen) atoms. The van der Waals surface area contributed by atoms with E-state index < -0.39 is 5.82 Å². The summed E-state index contributed by atoms with van der Waals surface area (Å²) in [5.41, 5.74) is 1.26. The maximum Gasteiger partial charge on any atom is 0.147 e. The molecule has 2 rings (SSSR count). The van der Waals surface area contributed by atoms with Gasteiger partial charge in [0.25, 0.3) is 0 Å². The Labute approximate surface area is 104 Å². The van der Waals surface area contributed by atoms with Crippen molar-refractivity contribution in [3.63, 3.8) is 0 Å². The van der Waals surface area contributed by atoms with Gasteiger partial charge in [-0.2, -0.15) is 5.26 Å². The maximum absolute atomic E-state index is 13.7. The molecule has 3 nitrogen and oxygen atoms in total. The van der Waals surface area contributed by atoms with Crippen molar-refractivity contribution in [2.24, 2.45) is 0 Å². The molecule has 0 saturated heterocycles. The van der Waals surface area contributed by atoms with E-state index in [-0.39, 0.29) is 5.56 Å². The van der Waals surface area contributed by atoms with Crippen LogP contribution in [0.1, 0.15) is 5.56 Å². The van der Waals surface area contributed by atoms with Gasteiger partial charge in [0.1, 0.15) is 11.6 Å². The van der Waals surface area contributed by atoms with E-state index in [0.717, 1.165) is 0 Å². The van der Waals surface area contributed by atoms with E-state index in [0.29, 0.717) is 17.1 Å². The molecular weight excluding hydrogens is 231 g/mol. The number of nitriles is 1. The zero-order valence-corrected chi connectivity index (χ0v) is 9.77. The Bertz CT molecular complexity index is 605. The van der Waals surface area contributed by atoms with Crippen molar-refractivity contribution in [1.82, 2.24) is 0 Å². The third-order valence-electron chi connectivity index (χ3n) is 2.47. The second-order valence-corrected chi connectivity index (χ2v) is 3.63. The lowest BCUT2D eigenvalue weighted by Gasteiger charge is -2.11. The predicted octanol–water partition coefficient (Wildman–Crippen LogP) is 3.45. The van der Waals surface area contributed by atoms with Crippen LogP contribution >= 0.6 is 0 Å². The van der Waals surface area contributed by atoms with Crippen molar-refractivity contribution in [3.05, 3.63) is 53.8 Å². The van der Waals surface area contributed by atoms with Crippen LogP contribution in [-0.2, 0) is 0 Å². The quantitative estimate of drug-likeness (QED) is 0.896. The van der Waals surface area contributed by atoms with Crippen LogP contribution in [0.3, 0.4) is 0 Å². The molecule has 0 atom stereocenters. The van der Waals surface area contributed by atoms with Crippen LogP contribution in [0.4, 0.5) is 15.8 Å². The van der Waals surface area contributed by atoms with Crippen molar-refractivity contribution in [2.75, 3.05) is 12.4 Å². The predicted molar refractivity (Wildman–Crippen MR) is 67.4 cm³/mol. The number of hydrogen-bond donors (Lipinski definition) is 1. The SMILES string of the molecule is COc1ccccc1Nc1ccc(C#N)cc1F. The van der Waals surface area contributed by atoms with Crippen LogP contribution < -0.4 is 10.1 Å². The van der Waals surface area contributed by atoms with Crippen molar-refractivity contribution in [3.8, 4) is 11.8 Å². The summed E-state index contributed by atoms with van der Waals surface area (Å²) >= 11 is 0. The molecule has 0 amide bonds. The van der Waals surface area contributed by atoms with Crippen LogP contribution in [0.15, 0.2) is 42.5 Å². The van der Waals surface area contributed by atoms with Crippen molar-refractivity contribution >= 4 is 11.4 Å². The summed E-state index contributed by atoms with van der Waals surface area (Å²) in [5.74, 6) is 0.154. The molecule has 0 unspecified atom stereocenters. The Morgan fingerprint density at radius 3 is 2.61 bits per heavy atom. The summed E-state index contributed by atoms with van der Waals surface area (Å²) in [4.78, 5) is 0. The Kier molecular flexibility index (Phi) is 3.44. The molecule has 2 aromatic rings. The fourth-order valence-corrected chi connectivity index (χ4v) is 1.58. The molecule has 0 saturated carbocycles. The van der Waals surface area contributed by atoms with E-state index in [2.05, 4.69) is 5.32 Å². The number of benzene rings is 2. The van der Waals surface area contributed by atoms with E-state index in [9.17, 15) is 4.39 Å². The number of ether oxygens (including phenoxy) is 1. The molecule has 1 N–H and O–H groups in total. The molecule has 0 aliphatic carbocycles. The van der Waals surface area contributed by atoms with Gasteiger partial charge >= 0.3 is 0 Å². The van der Waals surface area contributed by atoms with Crippen LogP contribution in [0.25, 0.3) is 0 Å². The molecule has 0 radical (unpaired) electrons. The van der Waals surface area contributed by atoms with Gasteiger partial charge in [-0.05, 0) is 30.3 Å². The summed E-state index contributed by atoms with van der Waals surface area (Å²) in [7, 11) is 1.55. The second kappa shape index (κ2) is 5.19. The van der Waals surface area contributed by atoms with Gasteiger partial charge in [0.15, 0.2) is 0 Å². The number of methoxy groups -OCH3 is 1. The lowest BCUT2D eigenvalue weighted by atomic mass is 10.2. The van der Waals surface area contributed by atoms with E-state index >= 15 is 0 Å². The van der Waals surface area contributed by atoms with Gasteiger partial charge in [-0.15, -0.1) is 0 Å². The molecule has 0 fully saturated rings. The van der Waals surface area contributed by atoms with Crippen LogP contribution in [0.2, 0.25) is 0 Å².